The molecule has 0 unspecified atom stereocenters. The van der Waals surface area contributed by atoms with E-state index in [0.717, 1.165) is 42.5 Å². The number of amides is 1. The first kappa shape index (κ1) is 23.8. The molecule has 0 fully saturated rings. The lowest BCUT2D eigenvalue weighted by atomic mass is 9.96. The fourth-order valence-corrected chi connectivity index (χ4v) is 5.65. The summed E-state index contributed by atoms with van der Waals surface area (Å²) in [6.07, 6.45) is 8.08. The van der Waals surface area contributed by atoms with E-state index in [-0.39, 0.29) is 11.5 Å². The summed E-state index contributed by atoms with van der Waals surface area (Å²) in [5.41, 5.74) is 3.54. The normalized spacial score (nSPS) is 13.7. The summed E-state index contributed by atoms with van der Waals surface area (Å²) in [7, 11) is 0. The number of fused-ring (bicyclic) bond motifs is 1. The van der Waals surface area contributed by atoms with Crippen molar-refractivity contribution < 1.29 is 19.1 Å². The van der Waals surface area contributed by atoms with Crippen molar-refractivity contribution in [3.63, 3.8) is 0 Å². The number of nitrogens with one attached hydrogen (secondary N) is 1. The highest BCUT2D eigenvalue weighted by atomic mass is 32.1. The summed E-state index contributed by atoms with van der Waals surface area (Å²) in [4.78, 5) is 30.5. The standard InChI is InChI=1S/C29H26N2O4S/c32-27(31-21-8-4-3-5-9-21)26-23-10-6-1-2-7-11-25(23)36-28(26)30-18-22-16-17-24(35-22)19-12-14-20(15-13-19)29(33)34/h3-5,8-9,12-18H,1-2,6-7,10-11H2,(H,31,32)(H,33,34). The van der Waals surface area contributed by atoms with Crippen LogP contribution in [0.25, 0.3) is 11.3 Å². The zero-order valence-electron chi connectivity index (χ0n) is 19.7. The van der Waals surface area contributed by atoms with Gasteiger partial charge in [0.1, 0.15) is 16.5 Å². The van der Waals surface area contributed by atoms with Crippen LogP contribution >= 0.6 is 11.3 Å². The molecule has 2 heterocycles. The number of rotatable bonds is 6. The highest BCUT2D eigenvalue weighted by molar-refractivity contribution is 7.16. The van der Waals surface area contributed by atoms with Crippen LogP contribution in [-0.4, -0.2) is 23.2 Å². The summed E-state index contributed by atoms with van der Waals surface area (Å²) in [5, 5.41) is 12.8. The van der Waals surface area contributed by atoms with Crippen LogP contribution in [0.1, 0.15) is 62.6 Å². The van der Waals surface area contributed by atoms with E-state index in [9.17, 15) is 9.59 Å². The molecular weight excluding hydrogens is 472 g/mol. The van der Waals surface area contributed by atoms with E-state index in [4.69, 9.17) is 14.5 Å². The van der Waals surface area contributed by atoms with Crippen molar-refractivity contribution in [2.24, 2.45) is 4.99 Å². The number of carbonyl (C=O) groups is 2. The highest BCUT2D eigenvalue weighted by Crippen LogP contribution is 2.39. The van der Waals surface area contributed by atoms with Crippen LogP contribution in [-0.2, 0) is 12.8 Å². The summed E-state index contributed by atoms with van der Waals surface area (Å²) < 4.78 is 5.94. The van der Waals surface area contributed by atoms with Crippen molar-refractivity contribution in [1.29, 1.82) is 0 Å². The van der Waals surface area contributed by atoms with Crippen LogP contribution in [0.3, 0.4) is 0 Å². The Labute approximate surface area is 213 Å². The minimum atomic E-state index is -0.967. The molecule has 1 aliphatic carbocycles. The number of benzene rings is 2. The molecule has 0 atom stereocenters. The van der Waals surface area contributed by atoms with Crippen LogP contribution in [0.2, 0.25) is 0 Å². The minimum absolute atomic E-state index is 0.134. The lowest BCUT2D eigenvalue weighted by Crippen LogP contribution is -2.14. The zero-order valence-corrected chi connectivity index (χ0v) is 20.5. The van der Waals surface area contributed by atoms with E-state index in [1.54, 1.807) is 41.8 Å². The molecule has 2 N–H and O–H groups in total. The number of hydrogen-bond donors (Lipinski definition) is 2. The second-order valence-corrected chi connectivity index (χ2v) is 9.84. The van der Waals surface area contributed by atoms with E-state index in [2.05, 4.69) is 5.32 Å². The van der Waals surface area contributed by atoms with Gasteiger partial charge in [0.15, 0.2) is 0 Å². The van der Waals surface area contributed by atoms with Crippen molar-refractivity contribution in [1.82, 2.24) is 0 Å². The first-order valence-corrected chi connectivity index (χ1v) is 12.9. The fraction of sp³-hybridized carbons (Fsp3) is 0.207. The third-order valence-corrected chi connectivity index (χ3v) is 7.46. The van der Waals surface area contributed by atoms with Gasteiger partial charge in [0.25, 0.3) is 5.91 Å². The zero-order chi connectivity index (χ0) is 24.9. The van der Waals surface area contributed by atoms with Crippen molar-refractivity contribution in [2.75, 3.05) is 5.32 Å². The van der Waals surface area contributed by atoms with Crippen LogP contribution in [0.5, 0.6) is 0 Å². The van der Waals surface area contributed by atoms with Gasteiger partial charge in [-0.3, -0.25) is 4.79 Å². The van der Waals surface area contributed by atoms with Crippen molar-refractivity contribution in [3.8, 4) is 11.3 Å². The average Bonchev–Trinajstić information content (AvgIpc) is 3.48. The number of carboxylic acid groups (broad SMARTS) is 1. The number of thiophene rings is 1. The second-order valence-electron chi connectivity index (χ2n) is 8.76. The number of furan rings is 1. The lowest BCUT2D eigenvalue weighted by Gasteiger charge is -2.11. The van der Waals surface area contributed by atoms with Gasteiger partial charge in [-0.25, -0.2) is 9.79 Å². The predicted octanol–water partition coefficient (Wildman–Crippen LogP) is 7.37. The largest absolute Gasteiger partial charge is 0.478 e. The van der Waals surface area contributed by atoms with Gasteiger partial charge in [-0.15, -0.1) is 11.3 Å². The molecule has 0 radical (unpaired) electrons. The third-order valence-electron chi connectivity index (χ3n) is 6.26. The van der Waals surface area contributed by atoms with E-state index < -0.39 is 5.97 Å². The fourth-order valence-electron chi connectivity index (χ4n) is 4.42. The molecule has 182 valence electrons. The topological polar surface area (TPSA) is 91.9 Å². The number of anilines is 1. The summed E-state index contributed by atoms with van der Waals surface area (Å²) >= 11 is 1.59. The van der Waals surface area contributed by atoms with E-state index >= 15 is 0 Å². The van der Waals surface area contributed by atoms with Gasteiger partial charge in [0.05, 0.1) is 17.3 Å². The molecule has 0 saturated carbocycles. The molecule has 0 saturated heterocycles. The first-order chi connectivity index (χ1) is 17.6. The number of para-hydroxylation sites is 1. The monoisotopic (exact) mass is 498 g/mol. The third kappa shape index (κ3) is 5.31. The first-order valence-electron chi connectivity index (χ1n) is 12.1. The Hall–Kier alpha value is -3.97. The average molecular weight is 499 g/mol. The Morgan fingerprint density at radius 2 is 1.67 bits per heavy atom. The maximum absolute atomic E-state index is 13.4. The molecule has 0 bridgehead atoms. The van der Waals surface area contributed by atoms with Crippen LogP contribution in [0, 0.1) is 0 Å². The van der Waals surface area contributed by atoms with Gasteiger partial charge in [0.2, 0.25) is 0 Å². The minimum Gasteiger partial charge on any atom is -0.478 e. The summed E-state index contributed by atoms with van der Waals surface area (Å²) in [6, 6.07) is 19.7. The SMILES string of the molecule is O=C(O)c1ccc(-c2ccc(C=Nc3sc4c(c3C(=O)Nc3ccccc3)CCCCCC4)o2)cc1. The molecule has 2 aromatic carbocycles. The molecule has 1 amide bonds. The molecule has 4 aromatic rings. The molecule has 1 aliphatic rings. The van der Waals surface area contributed by atoms with E-state index in [0.29, 0.717) is 22.1 Å². The molecule has 0 spiro atoms. The summed E-state index contributed by atoms with van der Waals surface area (Å²) in [6.45, 7) is 0. The van der Waals surface area contributed by atoms with Gasteiger partial charge in [-0.2, -0.15) is 0 Å². The van der Waals surface area contributed by atoms with Gasteiger partial charge in [0, 0.05) is 16.1 Å². The van der Waals surface area contributed by atoms with Crippen LogP contribution in [0.15, 0.2) is 76.1 Å². The second kappa shape index (κ2) is 10.7. The van der Waals surface area contributed by atoms with Crippen LogP contribution < -0.4 is 5.32 Å². The van der Waals surface area contributed by atoms with Gasteiger partial charge >= 0.3 is 5.97 Å². The Morgan fingerprint density at radius 3 is 2.42 bits per heavy atom. The Kier molecular flexibility index (Phi) is 7.09. The van der Waals surface area contributed by atoms with Crippen molar-refractivity contribution in [3.05, 3.63) is 94.1 Å². The number of nitrogens with zero attached hydrogens (tertiary/aromatic N) is 1. The van der Waals surface area contributed by atoms with E-state index in [1.165, 1.54) is 17.7 Å². The molecular formula is C29H26N2O4S. The number of aromatic carboxylic acids is 1. The predicted molar refractivity (Wildman–Crippen MR) is 143 cm³/mol. The number of aryl methyl sites for hydroxylation is 1. The van der Waals surface area contributed by atoms with Gasteiger partial charge in [-0.05, 0) is 67.6 Å². The van der Waals surface area contributed by atoms with Crippen molar-refractivity contribution >= 4 is 40.1 Å². The maximum Gasteiger partial charge on any atom is 0.335 e. The highest BCUT2D eigenvalue weighted by Gasteiger charge is 2.24. The Morgan fingerprint density at radius 1 is 0.917 bits per heavy atom. The molecule has 36 heavy (non-hydrogen) atoms. The van der Waals surface area contributed by atoms with Gasteiger partial charge < -0.3 is 14.8 Å². The number of carboxylic acids is 1. The molecule has 6 nitrogen and oxygen atoms in total. The Bertz CT molecular complexity index is 1400. The smallest absolute Gasteiger partial charge is 0.335 e. The summed E-state index contributed by atoms with van der Waals surface area (Å²) in [5.74, 6) is 0.0764. The molecule has 0 aliphatic heterocycles. The number of hydrogen-bond acceptors (Lipinski definition) is 5. The number of aliphatic imine (C=N–C) groups is 1. The van der Waals surface area contributed by atoms with E-state index in [1.807, 2.05) is 42.5 Å². The molecule has 7 heteroatoms. The lowest BCUT2D eigenvalue weighted by molar-refractivity contribution is 0.0696. The van der Waals surface area contributed by atoms with Crippen molar-refractivity contribution in [2.45, 2.75) is 38.5 Å². The van der Waals surface area contributed by atoms with Gasteiger partial charge in [-0.1, -0.05) is 43.2 Å². The van der Waals surface area contributed by atoms with Crippen LogP contribution in [0.4, 0.5) is 10.7 Å². The maximum atomic E-state index is 13.4. The quantitative estimate of drug-likeness (QED) is 0.272. The Balaban J connectivity index is 1.43. The molecule has 2 aromatic heterocycles. The number of carbonyl (C=O) groups excluding carboxylic acids is 1. The molecule has 5 rings (SSSR count).